The van der Waals surface area contributed by atoms with Gasteiger partial charge in [0.05, 0.1) is 11.2 Å². The highest BCUT2D eigenvalue weighted by Gasteiger charge is 2.39. The van der Waals surface area contributed by atoms with Crippen LogP contribution in [0.25, 0.3) is 0 Å². The molecule has 7 heteroatoms. The van der Waals surface area contributed by atoms with Crippen molar-refractivity contribution in [2.45, 2.75) is 23.8 Å². The molecule has 1 N–H and O–H groups in total. The van der Waals surface area contributed by atoms with Gasteiger partial charge in [0.15, 0.2) is 0 Å². The summed E-state index contributed by atoms with van der Waals surface area (Å²) in [6, 6.07) is 5.96. The van der Waals surface area contributed by atoms with Crippen LogP contribution >= 0.6 is 11.6 Å². The van der Waals surface area contributed by atoms with E-state index in [4.69, 9.17) is 16.9 Å². The lowest BCUT2D eigenvalue weighted by molar-refractivity contribution is 0.0762. The SMILES string of the molecule is CC1(O)CCN(S(=O)(=O)c2cc(Cl)ccc2C#N)C1. The van der Waals surface area contributed by atoms with Crippen molar-refractivity contribution in [1.82, 2.24) is 4.31 Å². The molecule has 1 aliphatic rings. The lowest BCUT2D eigenvalue weighted by Crippen LogP contribution is -2.34. The Morgan fingerprint density at radius 2 is 2.21 bits per heavy atom. The predicted molar refractivity (Wildman–Crippen MR) is 70.2 cm³/mol. The second-order valence-corrected chi connectivity index (χ2v) is 7.18. The van der Waals surface area contributed by atoms with Crippen LogP contribution in [-0.4, -0.2) is 36.5 Å². The number of β-amino-alcohol motifs (C(OH)–C–C–N with tert-alkyl or cyclic N) is 1. The van der Waals surface area contributed by atoms with E-state index in [1.807, 2.05) is 6.07 Å². The molecule has 1 heterocycles. The van der Waals surface area contributed by atoms with Crippen LogP contribution in [0.5, 0.6) is 0 Å². The third-order valence-electron chi connectivity index (χ3n) is 3.10. The maximum absolute atomic E-state index is 12.5. The van der Waals surface area contributed by atoms with Crippen LogP contribution in [-0.2, 0) is 10.0 Å². The van der Waals surface area contributed by atoms with E-state index in [1.165, 1.54) is 22.5 Å². The Morgan fingerprint density at radius 1 is 1.53 bits per heavy atom. The van der Waals surface area contributed by atoms with E-state index in [9.17, 15) is 13.5 Å². The van der Waals surface area contributed by atoms with Crippen LogP contribution < -0.4 is 0 Å². The third kappa shape index (κ3) is 2.74. The van der Waals surface area contributed by atoms with Gasteiger partial charge in [0.2, 0.25) is 10.0 Å². The van der Waals surface area contributed by atoms with Gasteiger partial charge >= 0.3 is 0 Å². The minimum atomic E-state index is -3.81. The van der Waals surface area contributed by atoms with E-state index in [0.717, 1.165) is 0 Å². The second-order valence-electron chi connectivity index (χ2n) is 4.84. The summed E-state index contributed by atoms with van der Waals surface area (Å²) < 4.78 is 26.1. The molecule has 19 heavy (non-hydrogen) atoms. The first-order valence-corrected chi connectivity index (χ1v) is 7.50. The molecular weight excluding hydrogens is 288 g/mol. The van der Waals surface area contributed by atoms with Crippen LogP contribution in [0, 0.1) is 11.3 Å². The summed E-state index contributed by atoms with van der Waals surface area (Å²) in [6.45, 7) is 1.84. The number of nitrogens with zero attached hydrogens (tertiary/aromatic N) is 2. The smallest absolute Gasteiger partial charge is 0.244 e. The average molecular weight is 301 g/mol. The highest BCUT2D eigenvalue weighted by molar-refractivity contribution is 7.89. The number of nitriles is 1. The quantitative estimate of drug-likeness (QED) is 0.894. The number of benzene rings is 1. The lowest BCUT2D eigenvalue weighted by Gasteiger charge is -2.19. The minimum Gasteiger partial charge on any atom is -0.389 e. The van der Waals surface area contributed by atoms with E-state index >= 15 is 0 Å². The molecule has 1 aromatic rings. The van der Waals surface area contributed by atoms with E-state index in [0.29, 0.717) is 6.42 Å². The van der Waals surface area contributed by atoms with Crippen LogP contribution in [0.1, 0.15) is 18.9 Å². The molecule has 0 spiro atoms. The van der Waals surface area contributed by atoms with Crippen molar-refractivity contribution in [1.29, 1.82) is 5.26 Å². The molecule has 5 nitrogen and oxygen atoms in total. The first kappa shape index (κ1) is 14.3. The molecule has 1 atom stereocenters. The van der Waals surface area contributed by atoms with Crippen molar-refractivity contribution in [3.8, 4) is 6.07 Å². The van der Waals surface area contributed by atoms with Gasteiger partial charge in [-0.25, -0.2) is 8.42 Å². The third-order valence-corrected chi connectivity index (χ3v) is 5.22. The number of sulfonamides is 1. The highest BCUT2D eigenvalue weighted by atomic mass is 35.5. The zero-order chi connectivity index (χ0) is 14.3. The fourth-order valence-electron chi connectivity index (χ4n) is 2.05. The van der Waals surface area contributed by atoms with Crippen molar-refractivity contribution >= 4 is 21.6 Å². The van der Waals surface area contributed by atoms with Crippen molar-refractivity contribution in [2.24, 2.45) is 0 Å². The molecular formula is C12H13ClN2O3S. The Labute approximate surface area is 117 Å². The Hall–Kier alpha value is -1.13. The van der Waals surface area contributed by atoms with Crippen LogP contribution in [0.2, 0.25) is 5.02 Å². The standard InChI is InChI=1S/C12H13ClN2O3S/c1-12(16)4-5-15(8-12)19(17,18)11-6-10(13)3-2-9(11)7-14/h2-3,6,16H,4-5,8H2,1H3. The normalized spacial score (nSPS) is 24.3. The van der Waals surface area contributed by atoms with Gasteiger partial charge in [-0.2, -0.15) is 9.57 Å². The molecule has 0 bridgehead atoms. The predicted octanol–water partition coefficient (Wildman–Crippen LogP) is 1.36. The monoisotopic (exact) mass is 300 g/mol. The van der Waals surface area contributed by atoms with Gasteiger partial charge in [0.1, 0.15) is 11.0 Å². The molecule has 0 aliphatic carbocycles. The molecule has 1 saturated heterocycles. The summed E-state index contributed by atoms with van der Waals surface area (Å²) in [5.41, 5.74) is -0.978. The van der Waals surface area contributed by atoms with E-state index in [2.05, 4.69) is 0 Å². The summed E-state index contributed by atoms with van der Waals surface area (Å²) in [5.74, 6) is 0. The van der Waals surface area contributed by atoms with Crippen molar-refractivity contribution in [3.05, 3.63) is 28.8 Å². The van der Waals surface area contributed by atoms with Crippen molar-refractivity contribution in [3.63, 3.8) is 0 Å². The zero-order valence-electron chi connectivity index (χ0n) is 10.3. The fraction of sp³-hybridized carbons (Fsp3) is 0.417. The van der Waals surface area contributed by atoms with Gasteiger partial charge in [-0.1, -0.05) is 11.6 Å². The Morgan fingerprint density at radius 3 is 2.74 bits per heavy atom. The van der Waals surface area contributed by atoms with Gasteiger partial charge in [-0.05, 0) is 31.5 Å². The van der Waals surface area contributed by atoms with Crippen LogP contribution in [0.4, 0.5) is 0 Å². The van der Waals surface area contributed by atoms with Gasteiger partial charge in [-0.15, -0.1) is 0 Å². The maximum Gasteiger partial charge on any atom is 0.244 e. The summed E-state index contributed by atoms with van der Waals surface area (Å²) in [5, 5.41) is 19.1. The highest BCUT2D eigenvalue weighted by Crippen LogP contribution is 2.29. The molecule has 1 unspecified atom stereocenters. The van der Waals surface area contributed by atoms with Crippen LogP contribution in [0.3, 0.4) is 0 Å². The van der Waals surface area contributed by atoms with Gasteiger partial charge in [-0.3, -0.25) is 0 Å². The molecule has 1 aromatic carbocycles. The first-order chi connectivity index (χ1) is 8.76. The molecule has 0 radical (unpaired) electrons. The molecule has 0 aromatic heterocycles. The number of hydrogen-bond donors (Lipinski definition) is 1. The molecule has 0 amide bonds. The Balaban J connectivity index is 2.47. The zero-order valence-corrected chi connectivity index (χ0v) is 11.9. The molecule has 1 fully saturated rings. The molecule has 102 valence electrons. The van der Waals surface area contributed by atoms with Gasteiger partial charge < -0.3 is 5.11 Å². The van der Waals surface area contributed by atoms with Crippen LogP contribution in [0.15, 0.2) is 23.1 Å². The Kier molecular flexibility index (Phi) is 3.58. The topological polar surface area (TPSA) is 81.4 Å². The van der Waals surface area contributed by atoms with Gasteiger partial charge in [0.25, 0.3) is 0 Å². The summed E-state index contributed by atoms with van der Waals surface area (Å²) in [7, 11) is -3.81. The van der Waals surface area contributed by atoms with Crippen molar-refractivity contribution < 1.29 is 13.5 Å². The number of rotatable bonds is 2. The Bertz CT molecular complexity index is 649. The fourth-order valence-corrected chi connectivity index (χ4v) is 4.01. The minimum absolute atomic E-state index is 0.0206. The first-order valence-electron chi connectivity index (χ1n) is 5.68. The molecule has 1 aliphatic heterocycles. The average Bonchev–Trinajstić information content (AvgIpc) is 2.70. The van der Waals surface area contributed by atoms with E-state index in [-0.39, 0.29) is 28.6 Å². The van der Waals surface area contributed by atoms with E-state index in [1.54, 1.807) is 6.92 Å². The van der Waals surface area contributed by atoms with Gasteiger partial charge in [0, 0.05) is 18.1 Å². The second kappa shape index (κ2) is 4.76. The number of hydrogen-bond acceptors (Lipinski definition) is 4. The summed E-state index contributed by atoms with van der Waals surface area (Å²) >= 11 is 5.80. The molecule has 2 rings (SSSR count). The van der Waals surface area contributed by atoms with Crippen molar-refractivity contribution in [2.75, 3.05) is 13.1 Å². The molecule has 0 saturated carbocycles. The number of halogens is 1. The lowest BCUT2D eigenvalue weighted by atomic mass is 10.1. The largest absolute Gasteiger partial charge is 0.389 e. The summed E-state index contributed by atoms with van der Waals surface area (Å²) in [4.78, 5) is -0.111. The summed E-state index contributed by atoms with van der Waals surface area (Å²) in [6.07, 6.45) is 0.370. The maximum atomic E-state index is 12.5. The number of aliphatic hydroxyl groups is 1. The van der Waals surface area contributed by atoms with E-state index < -0.39 is 15.6 Å².